The van der Waals surface area contributed by atoms with E-state index in [0.717, 1.165) is 77.7 Å². The number of nitrogens with zero attached hydrogens (tertiary/aromatic N) is 2. The highest BCUT2D eigenvalue weighted by Gasteiger charge is 2.07. The zero-order valence-electron chi connectivity index (χ0n) is 41.1. The zero-order valence-corrected chi connectivity index (χ0v) is 41.1. The van der Waals surface area contributed by atoms with Crippen molar-refractivity contribution in [1.29, 1.82) is 0 Å². The molecule has 0 aliphatic rings. The third-order valence-corrected chi connectivity index (χ3v) is 12.2. The van der Waals surface area contributed by atoms with E-state index in [0.29, 0.717) is 26.2 Å². The average molecular weight is 863 g/mol. The number of hydrogen-bond donors (Lipinski definition) is 2. The summed E-state index contributed by atoms with van der Waals surface area (Å²) in [6, 6.07) is 0. The molecule has 0 aliphatic heterocycles. The highest BCUT2D eigenvalue weighted by molar-refractivity contribution is 5.69. The van der Waals surface area contributed by atoms with E-state index in [2.05, 4.69) is 43.1 Å². The van der Waals surface area contributed by atoms with E-state index in [1.807, 2.05) is 0 Å². The molecular formula is C54H106N2O5. The van der Waals surface area contributed by atoms with Gasteiger partial charge in [-0.15, -0.1) is 0 Å². The zero-order chi connectivity index (χ0) is 44.2. The maximum absolute atomic E-state index is 12.1. The van der Waals surface area contributed by atoms with E-state index in [1.54, 1.807) is 0 Å². The molecule has 0 heterocycles. The van der Waals surface area contributed by atoms with Crippen molar-refractivity contribution in [2.45, 2.75) is 258 Å². The summed E-state index contributed by atoms with van der Waals surface area (Å²) in [6.45, 7) is 11.3. The number of ether oxygens (including phenoxy) is 2. The van der Waals surface area contributed by atoms with Gasteiger partial charge in [-0.2, -0.15) is 5.06 Å². The van der Waals surface area contributed by atoms with Crippen molar-refractivity contribution in [3.63, 3.8) is 0 Å². The molecule has 0 aromatic heterocycles. The summed E-state index contributed by atoms with van der Waals surface area (Å²) in [4.78, 5) is 14.7. The molecule has 0 fully saturated rings. The summed E-state index contributed by atoms with van der Waals surface area (Å²) in [5.41, 5.74) is 0. The van der Waals surface area contributed by atoms with Gasteiger partial charge in [0, 0.05) is 26.1 Å². The number of unbranched alkanes of at least 4 members (excludes halogenated alkanes) is 31. The van der Waals surface area contributed by atoms with E-state index in [1.165, 1.54) is 198 Å². The number of allylic oxidation sites excluding steroid dienone is 4. The molecule has 0 aliphatic carbocycles. The van der Waals surface area contributed by atoms with E-state index in [-0.39, 0.29) is 12.6 Å². The number of aliphatic hydroxyl groups is 1. The molecule has 0 amide bonds. The van der Waals surface area contributed by atoms with E-state index in [4.69, 9.17) is 14.6 Å². The maximum atomic E-state index is 12.1. The molecule has 0 rings (SSSR count). The molecule has 0 bridgehead atoms. The fourth-order valence-corrected chi connectivity index (χ4v) is 8.12. The van der Waals surface area contributed by atoms with Gasteiger partial charge >= 0.3 is 5.97 Å². The topological polar surface area (TPSA) is 82.5 Å². The van der Waals surface area contributed by atoms with Crippen LogP contribution in [0.4, 0.5) is 0 Å². The van der Waals surface area contributed by atoms with Crippen LogP contribution in [0.25, 0.3) is 0 Å². The Hall–Kier alpha value is -1.25. The van der Waals surface area contributed by atoms with Crippen LogP contribution in [0.1, 0.15) is 258 Å². The summed E-state index contributed by atoms with van der Waals surface area (Å²) >= 11 is 0. The van der Waals surface area contributed by atoms with Crippen molar-refractivity contribution in [2.24, 2.45) is 0 Å². The van der Waals surface area contributed by atoms with Gasteiger partial charge in [0.25, 0.3) is 0 Å². The molecule has 61 heavy (non-hydrogen) atoms. The number of carbonyl (C=O) groups excluding carboxylic acids is 1. The lowest BCUT2D eigenvalue weighted by molar-refractivity contribution is -0.143. The molecule has 7 heteroatoms. The van der Waals surface area contributed by atoms with Gasteiger partial charge in [0.15, 0.2) is 0 Å². The van der Waals surface area contributed by atoms with Crippen LogP contribution in [-0.4, -0.2) is 85.4 Å². The first-order valence-electron chi connectivity index (χ1n) is 26.9. The molecule has 0 atom stereocenters. The molecule has 0 unspecified atom stereocenters. The fourth-order valence-electron chi connectivity index (χ4n) is 8.12. The smallest absolute Gasteiger partial charge is 0.305 e. The van der Waals surface area contributed by atoms with Crippen LogP contribution in [0.15, 0.2) is 24.3 Å². The standard InChI is InChI=1S/C54H106N2O5/c1-3-5-7-9-11-13-15-16-17-18-19-20-21-27-33-39-45-55(49-52-60-53-50-57)46-40-34-28-23-24-31-37-43-51-61-54(58)44-38-32-26-25-30-36-42-48-56(59)47-41-35-29-22-14-12-10-8-6-4-2/h11,13,16-17,57,59H,3-10,12,14-15,18-53H2,1-2H3/b13-11-,17-16-. The van der Waals surface area contributed by atoms with Gasteiger partial charge in [-0.25, -0.2) is 0 Å². The number of esters is 1. The lowest BCUT2D eigenvalue weighted by Crippen LogP contribution is -2.30. The summed E-state index contributed by atoms with van der Waals surface area (Å²) in [5, 5.41) is 20.7. The number of carbonyl (C=O) groups is 1. The Bertz CT molecular complexity index is 899. The van der Waals surface area contributed by atoms with Crippen molar-refractivity contribution in [2.75, 3.05) is 59.2 Å². The summed E-state index contributed by atoms with van der Waals surface area (Å²) in [6.07, 6.45) is 56.4. The third-order valence-electron chi connectivity index (χ3n) is 12.2. The molecule has 2 N–H and O–H groups in total. The van der Waals surface area contributed by atoms with Crippen LogP contribution in [-0.2, 0) is 14.3 Å². The maximum Gasteiger partial charge on any atom is 0.305 e. The minimum absolute atomic E-state index is 0.0227. The first kappa shape index (κ1) is 59.8. The Kier molecular flexibility index (Phi) is 52.0. The number of rotatable bonds is 52. The Morgan fingerprint density at radius 3 is 1.31 bits per heavy atom. The van der Waals surface area contributed by atoms with Gasteiger partial charge < -0.3 is 24.7 Å². The lowest BCUT2D eigenvalue weighted by Gasteiger charge is -2.22. The van der Waals surface area contributed by atoms with Crippen molar-refractivity contribution >= 4 is 5.97 Å². The largest absolute Gasteiger partial charge is 0.466 e. The molecule has 0 aromatic carbocycles. The van der Waals surface area contributed by atoms with Gasteiger partial charge in [0.2, 0.25) is 0 Å². The molecule has 0 spiro atoms. The molecular weight excluding hydrogens is 757 g/mol. The second kappa shape index (κ2) is 53.1. The van der Waals surface area contributed by atoms with Crippen LogP contribution in [0, 0.1) is 0 Å². The molecule has 0 saturated heterocycles. The first-order chi connectivity index (χ1) is 30.1. The highest BCUT2D eigenvalue weighted by Crippen LogP contribution is 2.14. The number of aliphatic hydroxyl groups excluding tert-OH is 1. The summed E-state index contributed by atoms with van der Waals surface area (Å²) < 4.78 is 11.1. The molecule has 0 aromatic rings. The number of hydroxylamine groups is 2. The van der Waals surface area contributed by atoms with Gasteiger partial charge in [-0.1, -0.05) is 205 Å². The third kappa shape index (κ3) is 51.3. The molecule has 7 nitrogen and oxygen atoms in total. The van der Waals surface area contributed by atoms with Crippen LogP contribution in [0.5, 0.6) is 0 Å². The predicted octanol–water partition coefficient (Wildman–Crippen LogP) is 15.5. The van der Waals surface area contributed by atoms with Crippen LogP contribution in [0.3, 0.4) is 0 Å². The lowest BCUT2D eigenvalue weighted by atomic mass is 10.1. The molecule has 0 saturated carbocycles. The van der Waals surface area contributed by atoms with Crippen molar-refractivity contribution < 1.29 is 24.6 Å². The second-order valence-electron chi connectivity index (χ2n) is 18.2. The first-order valence-corrected chi connectivity index (χ1v) is 26.9. The average Bonchev–Trinajstić information content (AvgIpc) is 3.26. The Labute approximate surface area is 380 Å². The van der Waals surface area contributed by atoms with E-state index >= 15 is 0 Å². The van der Waals surface area contributed by atoms with Gasteiger partial charge in [-0.3, -0.25) is 4.79 Å². The van der Waals surface area contributed by atoms with Crippen LogP contribution >= 0.6 is 0 Å². The monoisotopic (exact) mass is 863 g/mol. The van der Waals surface area contributed by atoms with Gasteiger partial charge in [0.1, 0.15) is 0 Å². The van der Waals surface area contributed by atoms with Crippen molar-refractivity contribution in [3.05, 3.63) is 24.3 Å². The predicted molar refractivity (Wildman–Crippen MR) is 264 cm³/mol. The minimum atomic E-state index is -0.0227. The van der Waals surface area contributed by atoms with Gasteiger partial charge in [-0.05, 0) is 83.7 Å². The second-order valence-corrected chi connectivity index (χ2v) is 18.2. The van der Waals surface area contributed by atoms with E-state index < -0.39 is 0 Å². The Morgan fingerprint density at radius 2 is 0.820 bits per heavy atom. The highest BCUT2D eigenvalue weighted by atomic mass is 16.5. The molecule has 362 valence electrons. The van der Waals surface area contributed by atoms with Crippen molar-refractivity contribution in [3.8, 4) is 0 Å². The normalized spacial score (nSPS) is 12.0. The Balaban J connectivity index is 3.62. The fraction of sp³-hybridized carbons (Fsp3) is 0.907. The quantitative estimate of drug-likeness (QED) is 0.0273. The summed E-state index contributed by atoms with van der Waals surface area (Å²) in [5.74, 6) is -0.0227. The molecule has 0 radical (unpaired) electrons. The minimum Gasteiger partial charge on any atom is -0.466 e. The number of hydrogen-bond acceptors (Lipinski definition) is 7. The SMILES string of the molecule is CCCCC/C=C\C/C=C\CCCCCCCCN(CCCCCCCCCCOC(=O)CCCCCCCCCN(O)CCCCCCCCCCCC)CCOCCO. The van der Waals surface area contributed by atoms with Crippen LogP contribution < -0.4 is 0 Å². The summed E-state index contributed by atoms with van der Waals surface area (Å²) in [7, 11) is 0. The Morgan fingerprint density at radius 1 is 0.426 bits per heavy atom. The van der Waals surface area contributed by atoms with Crippen LogP contribution in [0.2, 0.25) is 0 Å². The van der Waals surface area contributed by atoms with Gasteiger partial charge in [0.05, 0.1) is 26.4 Å². The van der Waals surface area contributed by atoms with E-state index in [9.17, 15) is 10.0 Å². The van der Waals surface area contributed by atoms with Crippen molar-refractivity contribution in [1.82, 2.24) is 9.96 Å².